The molecule has 1 saturated heterocycles. The first-order valence-corrected chi connectivity index (χ1v) is 10.1. The van der Waals surface area contributed by atoms with Gasteiger partial charge >= 0.3 is 12.1 Å². The normalized spacial score (nSPS) is 16.1. The Bertz CT molecular complexity index is 967. The number of hydrogen-bond donors (Lipinski definition) is 0. The van der Waals surface area contributed by atoms with Crippen LogP contribution >= 0.6 is 11.6 Å². The van der Waals surface area contributed by atoms with Crippen LogP contribution in [0.2, 0.25) is 5.02 Å². The van der Waals surface area contributed by atoms with Crippen LogP contribution in [0.5, 0.6) is 0 Å². The number of rotatable bonds is 4. The highest BCUT2D eigenvalue weighted by Gasteiger charge is 2.41. The summed E-state index contributed by atoms with van der Waals surface area (Å²) in [6, 6.07) is 1.51. The Balaban J connectivity index is 1.69. The van der Waals surface area contributed by atoms with E-state index in [4.69, 9.17) is 25.6 Å². The predicted octanol–water partition coefficient (Wildman–Crippen LogP) is 4.04. The van der Waals surface area contributed by atoms with Crippen LogP contribution in [0.15, 0.2) is 16.8 Å². The number of nitrogens with zero attached hydrogens (tertiary/aromatic N) is 4. The van der Waals surface area contributed by atoms with E-state index >= 15 is 4.39 Å². The Hall–Kier alpha value is -2.75. The van der Waals surface area contributed by atoms with Crippen LogP contribution in [-0.4, -0.2) is 50.8 Å². The second-order valence-electron chi connectivity index (χ2n) is 8.28. The Morgan fingerprint density at radius 2 is 2.00 bits per heavy atom. The number of amides is 1. The van der Waals surface area contributed by atoms with E-state index in [1.165, 1.54) is 24.1 Å². The number of carbonyl (C=O) groups excluding carboxylic acids is 2. The lowest BCUT2D eigenvalue weighted by atomic mass is 9.89. The van der Waals surface area contributed by atoms with Crippen LogP contribution in [0.4, 0.5) is 9.18 Å². The molecule has 31 heavy (non-hydrogen) atoms. The highest BCUT2D eigenvalue weighted by atomic mass is 35.5. The molecule has 3 rings (SSSR count). The molecule has 1 aliphatic heterocycles. The molecule has 1 aliphatic rings. The molecule has 0 N–H and O–H groups in total. The van der Waals surface area contributed by atoms with Crippen LogP contribution in [0.25, 0.3) is 11.4 Å². The third-order valence-corrected chi connectivity index (χ3v) is 4.89. The molecule has 11 heteroatoms. The molecule has 0 unspecified atom stereocenters. The number of halogens is 2. The summed E-state index contributed by atoms with van der Waals surface area (Å²) in [5.74, 6) is -0.169. The fourth-order valence-corrected chi connectivity index (χ4v) is 3.43. The van der Waals surface area contributed by atoms with Gasteiger partial charge in [0.1, 0.15) is 5.60 Å². The second-order valence-corrected chi connectivity index (χ2v) is 8.69. The highest BCUT2D eigenvalue weighted by Crippen LogP contribution is 2.40. The lowest BCUT2D eigenvalue weighted by molar-refractivity contribution is -0.143. The third-order valence-electron chi connectivity index (χ3n) is 4.60. The van der Waals surface area contributed by atoms with Gasteiger partial charge in [-0.15, -0.1) is 0 Å². The van der Waals surface area contributed by atoms with Gasteiger partial charge in [0.15, 0.2) is 12.3 Å². The zero-order valence-corrected chi connectivity index (χ0v) is 18.5. The molecule has 0 bridgehead atoms. The molecular formula is C20H24ClFN4O5. The van der Waals surface area contributed by atoms with Gasteiger partial charge < -0.3 is 18.9 Å². The molecule has 0 aromatic carbocycles. The molecule has 2 aromatic heterocycles. The van der Waals surface area contributed by atoms with E-state index in [1.54, 1.807) is 20.8 Å². The molecule has 0 atom stereocenters. The van der Waals surface area contributed by atoms with Gasteiger partial charge in [0, 0.05) is 44.6 Å². The van der Waals surface area contributed by atoms with Crippen LogP contribution in [0.1, 0.15) is 52.1 Å². The maximum absolute atomic E-state index is 15.6. The van der Waals surface area contributed by atoms with E-state index in [0.29, 0.717) is 5.56 Å². The Labute approximate surface area is 183 Å². The van der Waals surface area contributed by atoms with Crippen molar-refractivity contribution in [2.75, 3.05) is 13.1 Å². The number of ether oxygens (including phenoxy) is 2. The van der Waals surface area contributed by atoms with Crippen molar-refractivity contribution < 1.29 is 28.0 Å². The monoisotopic (exact) mass is 454 g/mol. The number of aromatic nitrogens is 3. The minimum absolute atomic E-state index is 0.0487. The fourth-order valence-electron chi connectivity index (χ4n) is 3.09. The minimum atomic E-state index is -1.77. The summed E-state index contributed by atoms with van der Waals surface area (Å²) in [6.07, 6.45) is 1.04. The minimum Gasteiger partial charge on any atom is -0.456 e. The number of esters is 1. The summed E-state index contributed by atoms with van der Waals surface area (Å²) in [5, 5.41) is 3.92. The van der Waals surface area contributed by atoms with E-state index < -0.39 is 23.3 Å². The van der Waals surface area contributed by atoms with Crippen molar-refractivity contribution >= 4 is 23.7 Å². The van der Waals surface area contributed by atoms with Crippen molar-refractivity contribution in [2.24, 2.45) is 0 Å². The van der Waals surface area contributed by atoms with Gasteiger partial charge in [-0.3, -0.25) is 9.78 Å². The van der Waals surface area contributed by atoms with Gasteiger partial charge in [-0.2, -0.15) is 4.98 Å². The molecule has 3 heterocycles. The van der Waals surface area contributed by atoms with E-state index in [2.05, 4.69) is 15.1 Å². The largest absolute Gasteiger partial charge is 0.456 e. The maximum atomic E-state index is 15.6. The van der Waals surface area contributed by atoms with E-state index in [0.717, 1.165) is 0 Å². The van der Waals surface area contributed by atoms with Gasteiger partial charge in [0.25, 0.3) is 5.89 Å². The van der Waals surface area contributed by atoms with Gasteiger partial charge in [-0.05, 0) is 26.8 Å². The molecule has 0 radical (unpaired) electrons. The Kier molecular flexibility index (Phi) is 6.49. The quantitative estimate of drug-likeness (QED) is 0.637. The van der Waals surface area contributed by atoms with Crippen LogP contribution in [-0.2, 0) is 26.5 Å². The van der Waals surface area contributed by atoms with Crippen LogP contribution in [0.3, 0.4) is 0 Å². The summed E-state index contributed by atoms with van der Waals surface area (Å²) in [5.41, 5.74) is -1.85. The average Bonchev–Trinajstić information content (AvgIpc) is 3.14. The van der Waals surface area contributed by atoms with Crippen molar-refractivity contribution in [3.05, 3.63) is 28.9 Å². The lowest BCUT2D eigenvalue weighted by Gasteiger charge is -2.37. The highest BCUT2D eigenvalue weighted by molar-refractivity contribution is 6.31. The summed E-state index contributed by atoms with van der Waals surface area (Å²) < 4.78 is 30.8. The fraction of sp³-hybridized carbons (Fsp3) is 0.550. The first kappa shape index (κ1) is 22.9. The number of carbonyl (C=O) groups is 2. The second kappa shape index (κ2) is 8.78. The maximum Gasteiger partial charge on any atom is 0.410 e. The molecular weight excluding hydrogens is 431 g/mol. The van der Waals surface area contributed by atoms with Gasteiger partial charge in [-0.25, -0.2) is 9.18 Å². The zero-order valence-electron chi connectivity index (χ0n) is 17.8. The van der Waals surface area contributed by atoms with Crippen molar-refractivity contribution in [2.45, 2.75) is 58.4 Å². The topological polar surface area (TPSA) is 108 Å². The summed E-state index contributed by atoms with van der Waals surface area (Å²) in [4.78, 5) is 32.9. The zero-order chi connectivity index (χ0) is 22.8. The Morgan fingerprint density at radius 1 is 1.32 bits per heavy atom. The van der Waals surface area contributed by atoms with Crippen molar-refractivity contribution in [3.63, 3.8) is 0 Å². The molecule has 1 fully saturated rings. The molecule has 0 spiro atoms. The summed E-state index contributed by atoms with van der Waals surface area (Å²) in [7, 11) is 0. The van der Waals surface area contributed by atoms with E-state index in [9.17, 15) is 9.59 Å². The Morgan fingerprint density at radius 3 is 2.58 bits per heavy atom. The van der Waals surface area contributed by atoms with Gasteiger partial charge in [0.05, 0.1) is 10.7 Å². The molecule has 0 aliphatic carbocycles. The van der Waals surface area contributed by atoms with Crippen LogP contribution < -0.4 is 0 Å². The first-order valence-electron chi connectivity index (χ1n) is 9.76. The predicted molar refractivity (Wildman–Crippen MR) is 108 cm³/mol. The van der Waals surface area contributed by atoms with Crippen molar-refractivity contribution in [3.8, 4) is 11.4 Å². The summed E-state index contributed by atoms with van der Waals surface area (Å²) in [6.45, 7) is 6.84. The molecule has 168 valence electrons. The van der Waals surface area contributed by atoms with Gasteiger partial charge in [-0.1, -0.05) is 16.8 Å². The van der Waals surface area contributed by atoms with Gasteiger partial charge in [0.2, 0.25) is 5.82 Å². The SMILES string of the molecule is CC(=O)OCc1nc(-c2cnc(C3(F)CCN(C(=O)OC(C)(C)C)CC3)c(Cl)c2)no1. The molecule has 0 saturated carbocycles. The summed E-state index contributed by atoms with van der Waals surface area (Å²) >= 11 is 6.33. The van der Waals surface area contributed by atoms with Crippen molar-refractivity contribution in [1.82, 2.24) is 20.0 Å². The van der Waals surface area contributed by atoms with Crippen LogP contribution in [0, 0.1) is 0 Å². The average molecular weight is 455 g/mol. The molecule has 1 amide bonds. The van der Waals surface area contributed by atoms with Crippen molar-refractivity contribution in [1.29, 1.82) is 0 Å². The number of likely N-dealkylation sites (tertiary alicyclic amines) is 1. The lowest BCUT2D eigenvalue weighted by Crippen LogP contribution is -2.45. The number of alkyl halides is 1. The number of pyridine rings is 1. The number of hydrogen-bond acceptors (Lipinski definition) is 8. The molecule has 2 aromatic rings. The number of piperidine rings is 1. The third kappa shape index (κ3) is 5.69. The smallest absolute Gasteiger partial charge is 0.410 e. The van der Waals surface area contributed by atoms with E-state index in [1.807, 2.05) is 0 Å². The first-order chi connectivity index (χ1) is 14.5. The van der Waals surface area contributed by atoms with E-state index in [-0.39, 0.29) is 55.0 Å². The molecule has 9 nitrogen and oxygen atoms in total. The standard InChI is InChI=1S/C20H24ClFN4O5/c1-12(27)29-11-15-24-17(25-31-15)13-9-14(21)16(23-10-13)20(22)5-7-26(8-6-20)18(28)30-19(2,3)4/h9-10H,5-8,11H2,1-4H3.